The van der Waals surface area contributed by atoms with E-state index in [0.717, 1.165) is 0 Å². The van der Waals surface area contributed by atoms with Gasteiger partial charge in [-0.1, -0.05) is 25.1 Å². The lowest BCUT2D eigenvalue weighted by Gasteiger charge is -2.04. The van der Waals surface area contributed by atoms with Gasteiger partial charge in [0.25, 0.3) is 5.69 Å². The first-order valence-electron chi connectivity index (χ1n) is 4.20. The Morgan fingerprint density at radius 1 is 1.50 bits per heavy atom. The highest BCUT2D eigenvalue weighted by Gasteiger charge is 2.25. The third-order valence-corrected chi connectivity index (χ3v) is 1.99. The van der Waals surface area contributed by atoms with Gasteiger partial charge in [-0.05, 0) is 6.42 Å². The van der Waals surface area contributed by atoms with Gasteiger partial charge in [-0.2, -0.15) is 0 Å². The number of benzene rings is 1. The number of aryl methyl sites for hydroxylation is 1. The fourth-order valence-electron chi connectivity index (χ4n) is 1.33. The predicted molar refractivity (Wildman–Crippen MR) is 52.3 cm³/mol. The van der Waals surface area contributed by atoms with Crippen LogP contribution in [0.4, 0.5) is 5.69 Å². The third-order valence-electron chi connectivity index (χ3n) is 1.99. The summed E-state index contributed by atoms with van der Waals surface area (Å²) in [5.41, 5.74) is 0.236. The molecule has 1 aromatic rings. The first-order chi connectivity index (χ1) is 6.57. The zero-order valence-electron chi connectivity index (χ0n) is 7.67. The van der Waals surface area contributed by atoms with E-state index in [1.54, 1.807) is 19.1 Å². The van der Waals surface area contributed by atoms with Crippen LogP contribution in [0.5, 0.6) is 0 Å². The van der Waals surface area contributed by atoms with Crippen molar-refractivity contribution in [1.29, 1.82) is 0 Å². The second kappa shape index (κ2) is 4.21. The molecule has 0 saturated carbocycles. The molecule has 0 spiro atoms. The van der Waals surface area contributed by atoms with Crippen molar-refractivity contribution in [3.05, 3.63) is 33.9 Å². The van der Waals surface area contributed by atoms with Gasteiger partial charge in [-0.15, -0.1) is 0 Å². The molecular formula is C8H10BNO4. The highest BCUT2D eigenvalue weighted by molar-refractivity contribution is 6.60. The Morgan fingerprint density at radius 3 is 2.57 bits per heavy atom. The van der Waals surface area contributed by atoms with Crippen LogP contribution < -0.4 is 5.46 Å². The Kier molecular flexibility index (Phi) is 3.21. The van der Waals surface area contributed by atoms with E-state index in [0.29, 0.717) is 12.0 Å². The predicted octanol–water partition coefficient (Wildman–Crippen LogP) is -0.163. The van der Waals surface area contributed by atoms with Crippen molar-refractivity contribution in [1.82, 2.24) is 0 Å². The van der Waals surface area contributed by atoms with E-state index < -0.39 is 12.0 Å². The molecule has 6 heteroatoms. The van der Waals surface area contributed by atoms with Gasteiger partial charge in [0.2, 0.25) is 0 Å². The Bertz CT molecular complexity index is 353. The largest absolute Gasteiger partial charge is 0.495 e. The van der Waals surface area contributed by atoms with Gasteiger partial charge in [0, 0.05) is 5.56 Å². The van der Waals surface area contributed by atoms with Crippen LogP contribution in [0, 0.1) is 10.1 Å². The second-order valence-corrected chi connectivity index (χ2v) is 2.84. The minimum atomic E-state index is -1.80. The number of hydrogen-bond acceptors (Lipinski definition) is 4. The van der Waals surface area contributed by atoms with Crippen LogP contribution in [0.3, 0.4) is 0 Å². The smallest absolute Gasteiger partial charge is 0.423 e. The van der Waals surface area contributed by atoms with Crippen LogP contribution in [-0.2, 0) is 6.42 Å². The fourth-order valence-corrected chi connectivity index (χ4v) is 1.33. The van der Waals surface area contributed by atoms with Crippen LogP contribution in [0.2, 0.25) is 0 Å². The Morgan fingerprint density at radius 2 is 2.14 bits per heavy atom. The lowest BCUT2D eigenvalue weighted by molar-refractivity contribution is -0.384. The summed E-state index contributed by atoms with van der Waals surface area (Å²) in [6.45, 7) is 1.77. The van der Waals surface area contributed by atoms with Crippen LogP contribution in [0.15, 0.2) is 18.2 Å². The number of hydrogen-bond donors (Lipinski definition) is 2. The van der Waals surface area contributed by atoms with Crippen molar-refractivity contribution in [3.8, 4) is 0 Å². The maximum atomic E-state index is 10.7. The number of nitrogens with zero attached hydrogens (tertiary/aromatic N) is 1. The van der Waals surface area contributed by atoms with Crippen LogP contribution in [-0.4, -0.2) is 22.1 Å². The van der Waals surface area contributed by atoms with E-state index in [1.807, 2.05) is 0 Å². The van der Waals surface area contributed by atoms with Gasteiger partial charge in [0.15, 0.2) is 0 Å². The van der Waals surface area contributed by atoms with Gasteiger partial charge < -0.3 is 10.0 Å². The summed E-state index contributed by atoms with van der Waals surface area (Å²) < 4.78 is 0. The summed E-state index contributed by atoms with van der Waals surface area (Å²) in [7, 11) is -1.80. The van der Waals surface area contributed by atoms with E-state index in [4.69, 9.17) is 10.0 Å². The molecule has 0 saturated heterocycles. The minimum Gasteiger partial charge on any atom is -0.423 e. The van der Waals surface area contributed by atoms with Gasteiger partial charge in [0.05, 0.1) is 10.4 Å². The number of nitro benzene ring substituents is 1. The molecule has 0 aliphatic heterocycles. The highest BCUT2D eigenvalue weighted by Crippen LogP contribution is 2.16. The van der Waals surface area contributed by atoms with Crippen LogP contribution >= 0.6 is 0 Å². The molecule has 0 aliphatic rings. The molecule has 5 nitrogen and oxygen atoms in total. The lowest BCUT2D eigenvalue weighted by Crippen LogP contribution is -2.32. The summed E-state index contributed by atoms with van der Waals surface area (Å²) in [6, 6.07) is 4.51. The van der Waals surface area contributed by atoms with E-state index in [-0.39, 0.29) is 11.2 Å². The zero-order chi connectivity index (χ0) is 10.7. The summed E-state index contributed by atoms with van der Waals surface area (Å²) in [5, 5.41) is 28.5. The molecule has 1 aromatic carbocycles. The molecule has 74 valence electrons. The van der Waals surface area contributed by atoms with E-state index in [9.17, 15) is 10.1 Å². The first kappa shape index (κ1) is 10.7. The lowest BCUT2D eigenvalue weighted by atomic mass is 9.78. The number of para-hydroxylation sites is 1. The minimum absolute atomic E-state index is 0.0608. The average molecular weight is 195 g/mol. The second-order valence-electron chi connectivity index (χ2n) is 2.84. The van der Waals surface area contributed by atoms with Gasteiger partial charge in [-0.3, -0.25) is 10.1 Å². The zero-order valence-corrected chi connectivity index (χ0v) is 7.67. The Hall–Kier alpha value is -1.40. The summed E-state index contributed by atoms with van der Waals surface area (Å²) in [5.74, 6) is 0. The van der Waals surface area contributed by atoms with Crippen molar-refractivity contribution in [2.75, 3.05) is 0 Å². The Labute approximate surface area is 81.3 Å². The van der Waals surface area contributed by atoms with E-state index in [1.165, 1.54) is 6.07 Å². The first-order valence-corrected chi connectivity index (χ1v) is 4.20. The normalized spacial score (nSPS) is 9.93. The van der Waals surface area contributed by atoms with Crippen LogP contribution in [0.1, 0.15) is 12.5 Å². The van der Waals surface area contributed by atoms with E-state index >= 15 is 0 Å². The van der Waals surface area contributed by atoms with Gasteiger partial charge in [-0.25, -0.2) is 0 Å². The molecule has 1 rings (SSSR count). The SMILES string of the molecule is CCc1cccc(B(O)O)c1[N+](=O)[O-]. The number of rotatable bonds is 3. The molecule has 0 radical (unpaired) electrons. The molecule has 0 aliphatic carbocycles. The quantitative estimate of drug-likeness (QED) is 0.398. The highest BCUT2D eigenvalue weighted by atomic mass is 16.6. The standard InChI is InChI=1S/C8H10BNO4/c1-2-6-4-3-5-7(9(11)12)8(6)10(13)14/h3-5,11-12H,2H2,1H3. The van der Waals surface area contributed by atoms with Crippen molar-refractivity contribution < 1.29 is 15.0 Å². The summed E-state index contributed by atoms with van der Waals surface area (Å²) in [6.07, 6.45) is 0.483. The Balaban J connectivity index is 3.35. The maximum absolute atomic E-state index is 10.7. The molecule has 0 aromatic heterocycles. The van der Waals surface area contributed by atoms with Crippen molar-refractivity contribution in [3.63, 3.8) is 0 Å². The molecule has 0 amide bonds. The molecule has 14 heavy (non-hydrogen) atoms. The van der Waals surface area contributed by atoms with Gasteiger partial charge in [0.1, 0.15) is 0 Å². The summed E-state index contributed by atoms with van der Waals surface area (Å²) in [4.78, 5) is 10.1. The molecule has 0 heterocycles. The van der Waals surface area contributed by atoms with Crippen molar-refractivity contribution in [2.45, 2.75) is 13.3 Å². The number of nitro groups is 1. The molecule has 0 atom stereocenters. The van der Waals surface area contributed by atoms with Gasteiger partial charge >= 0.3 is 7.12 Å². The molecule has 0 bridgehead atoms. The summed E-state index contributed by atoms with van der Waals surface area (Å²) >= 11 is 0. The molecule has 0 unspecified atom stereocenters. The maximum Gasteiger partial charge on any atom is 0.495 e. The topological polar surface area (TPSA) is 83.6 Å². The third kappa shape index (κ3) is 1.91. The van der Waals surface area contributed by atoms with E-state index in [2.05, 4.69) is 0 Å². The monoisotopic (exact) mass is 195 g/mol. The molecular weight excluding hydrogens is 185 g/mol. The average Bonchev–Trinajstić information content (AvgIpc) is 2.16. The van der Waals surface area contributed by atoms with Crippen molar-refractivity contribution in [2.24, 2.45) is 0 Å². The molecule has 0 fully saturated rings. The fraction of sp³-hybridized carbons (Fsp3) is 0.250. The van der Waals surface area contributed by atoms with Crippen LogP contribution in [0.25, 0.3) is 0 Å². The van der Waals surface area contributed by atoms with Crippen molar-refractivity contribution >= 4 is 18.3 Å². The molecule has 2 N–H and O–H groups in total.